The summed E-state index contributed by atoms with van der Waals surface area (Å²) in [5.41, 5.74) is 0.886. The molecule has 1 rings (SSSR count). The first-order chi connectivity index (χ1) is 9.83. The number of benzene rings is 1. The highest BCUT2D eigenvalue weighted by molar-refractivity contribution is 6.04. The molecular formula is C16H25N3O2. The van der Waals surface area contributed by atoms with E-state index in [1.54, 1.807) is 24.3 Å². The van der Waals surface area contributed by atoms with Crippen LogP contribution in [0.3, 0.4) is 0 Å². The molecule has 0 saturated heterocycles. The highest BCUT2D eigenvalue weighted by Gasteiger charge is 2.14. The average Bonchev–Trinajstić information content (AvgIpc) is 2.42. The van der Waals surface area contributed by atoms with Gasteiger partial charge in [0.1, 0.15) is 0 Å². The fraction of sp³-hybridized carbons (Fsp3) is 0.500. The molecule has 21 heavy (non-hydrogen) atoms. The summed E-state index contributed by atoms with van der Waals surface area (Å²) >= 11 is 0. The van der Waals surface area contributed by atoms with Gasteiger partial charge in [0.05, 0.1) is 17.8 Å². The predicted octanol–water partition coefficient (Wildman–Crippen LogP) is 2.15. The molecule has 3 N–H and O–H groups in total. The Hall–Kier alpha value is -1.88. The monoisotopic (exact) mass is 291 g/mol. The summed E-state index contributed by atoms with van der Waals surface area (Å²) in [5.74, 6) is -0.336. The molecule has 5 heteroatoms. The van der Waals surface area contributed by atoms with Crippen LogP contribution in [-0.2, 0) is 4.79 Å². The Balaban J connectivity index is 2.70. The summed E-state index contributed by atoms with van der Waals surface area (Å²) < 4.78 is 0. The van der Waals surface area contributed by atoms with Crippen LogP contribution in [0.4, 0.5) is 5.69 Å². The Bertz CT molecular complexity index is 493. The van der Waals surface area contributed by atoms with Crippen molar-refractivity contribution in [2.75, 3.05) is 18.4 Å². The second kappa shape index (κ2) is 7.78. The van der Waals surface area contributed by atoms with Crippen LogP contribution in [0.1, 0.15) is 44.5 Å². The SMILES string of the molecule is CCCNC(=O)c1ccccc1NC(=O)CNC(C)(C)C. The van der Waals surface area contributed by atoms with Crippen LogP contribution in [0.5, 0.6) is 0 Å². The maximum atomic E-state index is 12.0. The summed E-state index contributed by atoms with van der Waals surface area (Å²) in [5, 5.41) is 8.70. The lowest BCUT2D eigenvalue weighted by atomic mass is 10.1. The van der Waals surface area contributed by atoms with Gasteiger partial charge in [0.2, 0.25) is 5.91 Å². The van der Waals surface area contributed by atoms with E-state index >= 15 is 0 Å². The molecule has 0 heterocycles. The van der Waals surface area contributed by atoms with E-state index in [2.05, 4.69) is 16.0 Å². The Labute approximate surface area is 126 Å². The van der Waals surface area contributed by atoms with E-state index in [-0.39, 0.29) is 23.9 Å². The lowest BCUT2D eigenvalue weighted by Crippen LogP contribution is -2.41. The van der Waals surface area contributed by atoms with E-state index in [9.17, 15) is 9.59 Å². The Morgan fingerprint density at radius 2 is 1.81 bits per heavy atom. The summed E-state index contributed by atoms with van der Waals surface area (Å²) in [6, 6.07) is 7.01. The van der Waals surface area contributed by atoms with Crippen LogP contribution < -0.4 is 16.0 Å². The maximum Gasteiger partial charge on any atom is 0.253 e. The summed E-state index contributed by atoms with van der Waals surface area (Å²) in [7, 11) is 0. The molecule has 1 aromatic carbocycles. The first kappa shape index (κ1) is 17.2. The maximum absolute atomic E-state index is 12.0. The van der Waals surface area contributed by atoms with Crippen molar-refractivity contribution in [2.24, 2.45) is 0 Å². The summed E-state index contributed by atoms with van der Waals surface area (Å²) in [6.45, 7) is 8.79. The van der Waals surface area contributed by atoms with Gasteiger partial charge in [-0.25, -0.2) is 0 Å². The largest absolute Gasteiger partial charge is 0.352 e. The Kier molecular flexibility index (Phi) is 6.37. The fourth-order valence-corrected chi connectivity index (χ4v) is 1.66. The van der Waals surface area contributed by atoms with Gasteiger partial charge in [-0.05, 0) is 39.3 Å². The van der Waals surface area contributed by atoms with Crippen molar-refractivity contribution in [3.8, 4) is 0 Å². The number of anilines is 1. The van der Waals surface area contributed by atoms with Gasteiger partial charge in [-0.1, -0.05) is 19.1 Å². The molecule has 0 saturated carbocycles. The molecule has 0 unspecified atom stereocenters. The molecule has 2 amide bonds. The van der Waals surface area contributed by atoms with Gasteiger partial charge < -0.3 is 16.0 Å². The molecule has 0 radical (unpaired) electrons. The van der Waals surface area contributed by atoms with E-state index in [0.717, 1.165) is 6.42 Å². The number of carbonyl (C=O) groups is 2. The van der Waals surface area contributed by atoms with E-state index < -0.39 is 0 Å². The van der Waals surface area contributed by atoms with E-state index in [1.807, 2.05) is 27.7 Å². The molecule has 5 nitrogen and oxygen atoms in total. The van der Waals surface area contributed by atoms with E-state index in [1.165, 1.54) is 0 Å². The molecule has 0 aliphatic carbocycles. The Morgan fingerprint density at radius 1 is 1.14 bits per heavy atom. The first-order valence-corrected chi connectivity index (χ1v) is 7.25. The van der Waals surface area contributed by atoms with Crippen molar-refractivity contribution in [1.29, 1.82) is 0 Å². The van der Waals surface area contributed by atoms with Gasteiger partial charge in [0.15, 0.2) is 0 Å². The minimum atomic E-state index is -0.170. The average molecular weight is 291 g/mol. The normalized spacial score (nSPS) is 11.0. The third-order valence-electron chi connectivity index (χ3n) is 2.76. The summed E-state index contributed by atoms with van der Waals surface area (Å²) in [4.78, 5) is 24.0. The van der Waals surface area contributed by atoms with Gasteiger partial charge in [-0.3, -0.25) is 9.59 Å². The van der Waals surface area contributed by atoms with Crippen molar-refractivity contribution in [2.45, 2.75) is 39.7 Å². The molecule has 0 atom stereocenters. The van der Waals surface area contributed by atoms with Crippen LogP contribution in [-0.4, -0.2) is 30.4 Å². The van der Waals surface area contributed by atoms with Crippen LogP contribution in [0.2, 0.25) is 0 Å². The second-order valence-electron chi connectivity index (χ2n) is 5.95. The van der Waals surface area contributed by atoms with Crippen LogP contribution in [0, 0.1) is 0 Å². The highest BCUT2D eigenvalue weighted by atomic mass is 16.2. The number of nitrogens with one attached hydrogen (secondary N) is 3. The fourth-order valence-electron chi connectivity index (χ4n) is 1.66. The zero-order chi connectivity index (χ0) is 15.9. The van der Waals surface area contributed by atoms with Crippen molar-refractivity contribution < 1.29 is 9.59 Å². The van der Waals surface area contributed by atoms with Crippen molar-refractivity contribution in [1.82, 2.24) is 10.6 Å². The number of carbonyl (C=O) groups excluding carboxylic acids is 2. The zero-order valence-electron chi connectivity index (χ0n) is 13.2. The number of amides is 2. The van der Waals surface area contributed by atoms with E-state index in [4.69, 9.17) is 0 Å². The van der Waals surface area contributed by atoms with Gasteiger partial charge in [0, 0.05) is 12.1 Å². The molecule has 0 aliphatic heterocycles. The second-order valence-corrected chi connectivity index (χ2v) is 5.95. The third-order valence-corrected chi connectivity index (χ3v) is 2.76. The van der Waals surface area contributed by atoms with E-state index in [0.29, 0.717) is 17.8 Å². The first-order valence-electron chi connectivity index (χ1n) is 7.25. The Morgan fingerprint density at radius 3 is 2.43 bits per heavy atom. The van der Waals surface area contributed by atoms with Crippen molar-refractivity contribution >= 4 is 17.5 Å². The highest BCUT2D eigenvalue weighted by Crippen LogP contribution is 2.14. The standard InChI is InChI=1S/C16H25N3O2/c1-5-10-17-15(21)12-8-6-7-9-13(12)19-14(20)11-18-16(2,3)4/h6-9,18H,5,10-11H2,1-4H3,(H,17,21)(H,19,20). The molecule has 0 spiro atoms. The molecular weight excluding hydrogens is 266 g/mol. The van der Waals surface area contributed by atoms with Crippen LogP contribution in [0.25, 0.3) is 0 Å². The topological polar surface area (TPSA) is 70.2 Å². The number of para-hydroxylation sites is 1. The van der Waals surface area contributed by atoms with Gasteiger partial charge >= 0.3 is 0 Å². The third kappa shape index (κ3) is 6.40. The van der Waals surface area contributed by atoms with Crippen molar-refractivity contribution in [3.05, 3.63) is 29.8 Å². The van der Waals surface area contributed by atoms with Crippen LogP contribution >= 0.6 is 0 Å². The molecule has 116 valence electrons. The van der Waals surface area contributed by atoms with Gasteiger partial charge in [-0.15, -0.1) is 0 Å². The smallest absolute Gasteiger partial charge is 0.253 e. The predicted molar refractivity (Wildman–Crippen MR) is 85.5 cm³/mol. The van der Waals surface area contributed by atoms with Gasteiger partial charge in [0.25, 0.3) is 5.91 Å². The lowest BCUT2D eigenvalue weighted by molar-refractivity contribution is -0.115. The number of rotatable bonds is 6. The number of hydrogen-bond acceptors (Lipinski definition) is 3. The quantitative estimate of drug-likeness (QED) is 0.752. The molecule has 0 bridgehead atoms. The summed E-state index contributed by atoms with van der Waals surface area (Å²) in [6.07, 6.45) is 0.871. The minimum absolute atomic E-state index is 0.130. The van der Waals surface area contributed by atoms with Crippen LogP contribution in [0.15, 0.2) is 24.3 Å². The molecule has 1 aromatic rings. The molecule has 0 aliphatic rings. The zero-order valence-corrected chi connectivity index (χ0v) is 13.2. The van der Waals surface area contributed by atoms with Crippen molar-refractivity contribution in [3.63, 3.8) is 0 Å². The molecule has 0 aromatic heterocycles. The minimum Gasteiger partial charge on any atom is -0.352 e. The molecule has 0 fully saturated rings. The van der Waals surface area contributed by atoms with Gasteiger partial charge in [-0.2, -0.15) is 0 Å². The lowest BCUT2D eigenvalue weighted by Gasteiger charge is -2.20. The number of hydrogen-bond donors (Lipinski definition) is 3.